The zero-order chi connectivity index (χ0) is 11.4. The predicted molar refractivity (Wildman–Crippen MR) is 59.0 cm³/mol. The average Bonchev–Trinajstić information content (AvgIpc) is 2.00. The third-order valence-electron chi connectivity index (χ3n) is 2.25. The van der Waals surface area contributed by atoms with Crippen LogP contribution in [0, 0.1) is 10.8 Å². The minimum atomic E-state index is -0.419. The Morgan fingerprint density at radius 2 is 1.79 bits per heavy atom. The van der Waals surface area contributed by atoms with Crippen LogP contribution in [-0.4, -0.2) is 13.1 Å². The number of rotatable bonds is 4. The van der Waals surface area contributed by atoms with Crippen molar-refractivity contribution in [3.8, 4) is 0 Å². The lowest BCUT2D eigenvalue weighted by molar-refractivity contribution is -0.152. The first-order valence-electron chi connectivity index (χ1n) is 4.97. The summed E-state index contributed by atoms with van der Waals surface area (Å²) in [5, 5.41) is 0. The van der Waals surface area contributed by atoms with Crippen molar-refractivity contribution in [1.82, 2.24) is 0 Å². The molecule has 2 nitrogen and oxygen atoms in total. The molecule has 0 amide bonds. The van der Waals surface area contributed by atoms with Crippen molar-refractivity contribution in [3.63, 3.8) is 0 Å². The standard InChI is InChI=1S/C12H22O2/c1-7-8-11(2,3)9-12(4,5)10(13)14-6/h7-8H,9H2,1-6H3. The van der Waals surface area contributed by atoms with Gasteiger partial charge in [0, 0.05) is 0 Å². The van der Waals surface area contributed by atoms with Crippen LogP contribution in [0.1, 0.15) is 41.0 Å². The molecule has 0 heterocycles. The summed E-state index contributed by atoms with van der Waals surface area (Å²) in [6.45, 7) is 10.1. The van der Waals surface area contributed by atoms with Gasteiger partial charge in [-0.2, -0.15) is 0 Å². The third-order valence-corrected chi connectivity index (χ3v) is 2.25. The van der Waals surface area contributed by atoms with E-state index < -0.39 is 5.41 Å². The maximum absolute atomic E-state index is 11.5. The highest BCUT2D eigenvalue weighted by Gasteiger charge is 2.34. The van der Waals surface area contributed by atoms with Gasteiger partial charge in [0.25, 0.3) is 0 Å². The van der Waals surface area contributed by atoms with E-state index in [0.29, 0.717) is 0 Å². The molecule has 0 unspecified atom stereocenters. The SMILES string of the molecule is CC=CC(C)(C)CC(C)(C)C(=O)OC. The van der Waals surface area contributed by atoms with Crippen molar-refractivity contribution in [1.29, 1.82) is 0 Å². The van der Waals surface area contributed by atoms with Crippen LogP contribution in [0.15, 0.2) is 12.2 Å². The number of esters is 1. The highest BCUT2D eigenvalue weighted by atomic mass is 16.5. The van der Waals surface area contributed by atoms with E-state index in [1.54, 1.807) is 0 Å². The van der Waals surface area contributed by atoms with Gasteiger partial charge in [-0.1, -0.05) is 26.0 Å². The molecule has 0 aliphatic carbocycles. The van der Waals surface area contributed by atoms with Crippen molar-refractivity contribution in [2.45, 2.75) is 41.0 Å². The lowest BCUT2D eigenvalue weighted by Gasteiger charge is -2.30. The molecule has 0 saturated heterocycles. The van der Waals surface area contributed by atoms with Crippen molar-refractivity contribution in [2.24, 2.45) is 10.8 Å². The molecule has 0 rings (SSSR count). The molecule has 0 radical (unpaired) electrons. The van der Waals surface area contributed by atoms with E-state index in [1.165, 1.54) is 7.11 Å². The van der Waals surface area contributed by atoms with Gasteiger partial charge in [0.1, 0.15) is 0 Å². The minimum absolute atomic E-state index is 0.0342. The van der Waals surface area contributed by atoms with Crippen LogP contribution >= 0.6 is 0 Å². The molecule has 0 saturated carbocycles. The molecule has 0 aromatic rings. The van der Waals surface area contributed by atoms with E-state index in [1.807, 2.05) is 26.8 Å². The topological polar surface area (TPSA) is 26.3 Å². The molecule has 0 aromatic carbocycles. The summed E-state index contributed by atoms with van der Waals surface area (Å²) in [4.78, 5) is 11.5. The van der Waals surface area contributed by atoms with Crippen molar-refractivity contribution < 1.29 is 9.53 Å². The summed E-state index contributed by atoms with van der Waals surface area (Å²) < 4.78 is 4.78. The highest BCUT2D eigenvalue weighted by Crippen LogP contribution is 2.35. The second kappa shape index (κ2) is 4.63. The largest absolute Gasteiger partial charge is 0.469 e. The second-order valence-electron chi connectivity index (χ2n) is 5.04. The summed E-state index contributed by atoms with van der Waals surface area (Å²) in [6.07, 6.45) is 4.93. The van der Waals surface area contributed by atoms with E-state index in [0.717, 1.165) is 6.42 Å². The van der Waals surface area contributed by atoms with Crippen molar-refractivity contribution >= 4 is 5.97 Å². The van der Waals surface area contributed by atoms with Gasteiger partial charge in [-0.15, -0.1) is 0 Å². The molecule has 0 aromatic heterocycles. The fraction of sp³-hybridized carbons (Fsp3) is 0.750. The van der Waals surface area contributed by atoms with Gasteiger partial charge in [0.05, 0.1) is 12.5 Å². The molecular formula is C12H22O2. The summed E-state index contributed by atoms with van der Waals surface area (Å²) in [5.74, 6) is -0.143. The zero-order valence-corrected chi connectivity index (χ0v) is 10.2. The Bertz CT molecular complexity index is 224. The van der Waals surface area contributed by atoms with E-state index in [2.05, 4.69) is 19.9 Å². The quantitative estimate of drug-likeness (QED) is 0.512. The van der Waals surface area contributed by atoms with Gasteiger partial charge >= 0.3 is 5.97 Å². The van der Waals surface area contributed by atoms with Crippen LogP contribution in [0.5, 0.6) is 0 Å². The van der Waals surface area contributed by atoms with E-state index >= 15 is 0 Å². The van der Waals surface area contributed by atoms with E-state index in [4.69, 9.17) is 4.74 Å². The van der Waals surface area contributed by atoms with Crippen LogP contribution in [0.3, 0.4) is 0 Å². The van der Waals surface area contributed by atoms with Crippen LogP contribution in [0.2, 0.25) is 0 Å². The van der Waals surface area contributed by atoms with Crippen LogP contribution in [0.4, 0.5) is 0 Å². The summed E-state index contributed by atoms with van der Waals surface area (Å²) in [6, 6.07) is 0. The molecular weight excluding hydrogens is 176 g/mol. The normalized spacial score (nSPS) is 13.3. The average molecular weight is 198 g/mol. The third kappa shape index (κ3) is 3.95. The first kappa shape index (κ1) is 13.2. The van der Waals surface area contributed by atoms with E-state index in [9.17, 15) is 4.79 Å². The van der Waals surface area contributed by atoms with Gasteiger partial charge < -0.3 is 4.74 Å². The molecule has 2 heteroatoms. The number of allylic oxidation sites excluding steroid dienone is 2. The van der Waals surface area contributed by atoms with Crippen LogP contribution in [-0.2, 0) is 9.53 Å². The molecule has 0 bridgehead atoms. The van der Waals surface area contributed by atoms with Gasteiger partial charge in [0.2, 0.25) is 0 Å². The number of hydrogen-bond donors (Lipinski definition) is 0. The predicted octanol–water partition coefficient (Wildman–Crippen LogP) is 3.18. The summed E-state index contributed by atoms with van der Waals surface area (Å²) in [5.41, 5.74) is -0.385. The lowest BCUT2D eigenvalue weighted by Crippen LogP contribution is -2.30. The Kier molecular flexibility index (Phi) is 4.37. The molecule has 0 N–H and O–H groups in total. The molecule has 0 spiro atoms. The molecule has 14 heavy (non-hydrogen) atoms. The Morgan fingerprint density at radius 3 is 2.14 bits per heavy atom. The number of methoxy groups -OCH3 is 1. The monoisotopic (exact) mass is 198 g/mol. The van der Waals surface area contributed by atoms with Gasteiger partial charge in [-0.25, -0.2) is 0 Å². The maximum atomic E-state index is 11.5. The molecule has 82 valence electrons. The first-order chi connectivity index (χ1) is 6.25. The van der Waals surface area contributed by atoms with Crippen LogP contribution in [0.25, 0.3) is 0 Å². The smallest absolute Gasteiger partial charge is 0.311 e. The Morgan fingerprint density at radius 1 is 1.29 bits per heavy atom. The Balaban J connectivity index is 4.57. The zero-order valence-electron chi connectivity index (χ0n) is 10.2. The number of ether oxygens (including phenoxy) is 1. The maximum Gasteiger partial charge on any atom is 0.311 e. The fourth-order valence-electron chi connectivity index (χ4n) is 2.00. The molecule has 0 aliphatic rings. The number of hydrogen-bond acceptors (Lipinski definition) is 2. The molecule has 0 atom stereocenters. The van der Waals surface area contributed by atoms with Gasteiger partial charge in [-0.05, 0) is 32.6 Å². The lowest BCUT2D eigenvalue weighted by atomic mass is 9.75. The van der Waals surface area contributed by atoms with Crippen LogP contribution < -0.4 is 0 Å². The second-order valence-corrected chi connectivity index (χ2v) is 5.04. The van der Waals surface area contributed by atoms with Crippen molar-refractivity contribution in [2.75, 3.05) is 7.11 Å². The highest BCUT2D eigenvalue weighted by molar-refractivity contribution is 5.75. The Labute approximate surface area is 87.3 Å². The minimum Gasteiger partial charge on any atom is -0.469 e. The first-order valence-corrected chi connectivity index (χ1v) is 4.97. The van der Waals surface area contributed by atoms with Gasteiger partial charge in [-0.3, -0.25) is 4.79 Å². The summed E-state index contributed by atoms with van der Waals surface area (Å²) >= 11 is 0. The van der Waals surface area contributed by atoms with E-state index in [-0.39, 0.29) is 11.4 Å². The van der Waals surface area contributed by atoms with Crippen molar-refractivity contribution in [3.05, 3.63) is 12.2 Å². The number of carbonyl (C=O) groups is 1. The van der Waals surface area contributed by atoms with Gasteiger partial charge in [0.15, 0.2) is 0 Å². The number of carbonyl (C=O) groups excluding carboxylic acids is 1. The summed E-state index contributed by atoms with van der Waals surface area (Å²) in [7, 11) is 1.44. The molecule has 0 fully saturated rings. The Hall–Kier alpha value is -0.790. The molecule has 0 aliphatic heterocycles. The fourth-order valence-corrected chi connectivity index (χ4v) is 2.00.